The van der Waals surface area contributed by atoms with Crippen molar-refractivity contribution < 1.29 is 4.79 Å². The Morgan fingerprint density at radius 1 is 1.17 bits per heavy atom. The molecule has 1 N–H and O–H groups in total. The van der Waals surface area contributed by atoms with Gasteiger partial charge in [0, 0.05) is 6.20 Å². The first-order valence-electron chi connectivity index (χ1n) is 8.12. The molecule has 4 nitrogen and oxygen atoms in total. The number of pyridine rings is 1. The number of hydrogen-bond acceptors (Lipinski definition) is 2. The SMILES string of the molecule is CC1=C(c2ccccc2)C1C(=O)NCc1cnc2c(C)cccn12. The highest BCUT2D eigenvalue weighted by Gasteiger charge is 2.39. The summed E-state index contributed by atoms with van der Waals surface area (Å²) in [4.78, 5) is 17.0. The summed E-state index contributed by atoms with van der Waals surface area (Å²) in [7, 11) is 0. The average Bonchev–Trinajstić information content (AvgIpc) is 3.09. The lowest BCUT2D eigenvalue weighted by Gasteiger charge is -2.06. The van der Waals surface area contributed by atoms with E-state index >= 15 is 0 Å². The summed E-state index contributed by atoms with van der Waals surface area (Å²) in [5, 5.41) is 3.05. The van der Waals surface area contributed by atoms with E-state index in [9.17, 15) is 4.79 Å². The number of aromatic nitrogens is 2. The van der Waals surface area contributed by atoms with Crippen molar-refractivity contribution in [1.29, 1.82) is 0 Å². The Morgan fingerprint density at radius 3 is 2.75 bits per heavy atom. The van der Waals surface area contributed by atoms with Gasteiger partial charge in [0.15, 0.2) is 0 Å². The second-order valence-corrected chi connectivity index (χ2v) is 6.25. The Bertz CT molecular complexity index is 953. The molecule has 1 amide bonds. The van der Waals surface area contributed by atoms with Crippen LogP contribution < -0.4 is 5.32 Å². The van der Waals surface area contributed by atoms with Crippen LogP contribution in [0.4, 0.5) is 0 Å². The van der Waals surface area contributed by atoms with Crippen LogP contribution in [0.25, 0.3) is 11.2 Å². The fourth-order valence-corrected chi connectivity index (χ4v) is 3.28. The van der Waals surface area contributed by atoms with Crippen molar-refractivity contribution in [3.05, 3.63) is 77.3 Å². The molecular weight excluding hydrogens is 298 g/mol. The number of imidazole rings is 1. The van der Waals surface area contributed by atoms with Crippen LogP contribution in [0.2, 0.25) is 0 Å². The van der Waals surface area contributed by atoms with Gasteiger partial charge in [-0.3, -0.25) is 4.79 Å². The van der Waals surface area contributed by atoms with Crippen molar-refractivity contribution in [1.82, 2.24) is 14.7 Å². The number of rotatable bonds is 4. The first-order chi connectivity index (χ1) is 11.7. The first kappa shape index (κ1) is 14.7. The molecule has 1 unspecified atom stereocenters. The minimum absolute atomic E-state index is 0.0638. The van der Waals surface area contributed by atoms with Crippen LogP contribution >= 0.6 is 0 Å². The molecular formula is C20H19N3O. The van der Waals surface area contributed by atoms with Gasteiger partial charge in [-0.15, -0.1) is 0 Å². The normalized spacial score (nSPS) is 16.5. The highest BCUT2D eigenvalue weighted by molar-refractivity contribution is 6.05. The van der Waals surface area contributed by atoms with Gasteiger partial charge in [0.05, 0.1) is 24.4 Å². The van der Waals surface area contributed by atoms with E-state index in [1.807, 2.05) is 61.0 Å². The maximum Gasteiger partial charge on any atom is 0.232 e. The highest BCUT2D eigenvalue weighted by atomic mass is 16.2. The zero-order valence-corrected chi connectivity index (χ0v) is 13.8. The van der Waals surface area contributed by atoms with Crippen LogP contribution in [0, 0.1) is 12.8 Å². The number of nitrogens with one attached hydrogen (secondary N) is 1. The second-order valence-electron chi connectivity index (χ2n) is 6.25. The zero-order chi connectivity index (χ0) is 16.7. The number of fused-ring (bicyclic) bond motifs is 1. The van der Waals surface area contributed by atoms with E-state index in [2.05, 4.69) is 22.4 Å². The smallest absolute Gasteiger partial charge is 0.232 e. The standard InChI is InChI=1S/C20H19N3O/c1-13-7-6-10-23-16(11-21-19(13)23)12-22-20(24)18-14(2)17(18)15-8-4-3-5-9-15/h3-11,18H,12H2,1-2H3,(H,22,24). The fraction of sp³-hybridized carbons (Fsp3) is 0.200. The van der Waals surface area contributed by atoms with Gasteiger partial charge in [-0.1, -0.05) is 42.0 Å². The molecule has 1 aromatic carbocycles. The Kier molecular flexibility index (Phi) is 3.45. The van der Waals surface area contributed by atoms with E-state index in [4.69, 9.17) is 0 Å². The van der Waals surface area contributed by atoms with Crippen molar-refractivity contribution >= 4 is 17.1 Å². The molecule has 0 bridgehead atoms. The van der Waals surface area contributed by atoms with Crippen LogP contribution in [0.3, 0.4) is 0 Å². The van der Waals surface area contributed by atoms with Gasteiger partial charge in [0.1, 0.15) is 5.65 Å². The Morgan fingerprint density at radius 2 is 1.96 bits per heavy atom. The van der Waals surface area contributed by atoms with Crippen molar-refractivity contribution in [2.24, 2.45) is 5.92 Å². The van der Waals surface area contributed by atoms with Crippen molar-refractivity contribution in [2.45, 2.75) is 20.4 Å². The number of hydrogen-bond donors (Lipinski definition) is 1. The van der Waals surface area contributed by atoms with E-state index < -0.39 is 0 Å². The maximum absolute atomic E-state index is 12.5. The number of benzene rings is 1. The number of amides is 1. The summed E-state index contributed by atoms with van der Waals surface area (Å²) in [6.07, 6.45) is 3.81. The molecule has 1 aliphatic carbocycles. The van der Waals surface area contributed by atoms with Crippen molar-refractivity contribution in [2.75, 3.05) is 0 Å². The number of nitrogens with zero attached hydrogens (tertiary/aromatic N) is 2. The third-order valence-electron chi connectivity index (χ3n) is 4.66. The zero-order valence-electron chi connectivity index (χ0n) is 13.8. The summed E-state index contributed by atoms with van der Waals surface area (Å²) in [5.41, 5.74) is 6.51. The number of carbonyl (C=O) groups is 1. The van der Waals surface area contributed by atoms with Gasteiger partial charge in [0.25, 0.3) is 0 Å². The maximum atomic E-state index is 12.5. The minimum atomic E-state index is -0.0895. The van der Waals surface area contributed by atoms with E-state index in [0.717, 1.165) is 33.6 Å². The van der Waals surface area contributed by atoms with Crippen LogP contribution in [-0.2, 0) is 11.3 Å². The molecule has 0 saturated heterocycles. The number of carbonyl (C=O) groups excluding carboxylic acids is 1. The predicted octanol–water partition coefficient (Wildman–Crippen LogP) is 3.36. The summed E-state index contributed by atoms with van der Waals surface area (Å²) < 4.78 is 2.03. The molecule has 4 heteroatoms. The average molecular weight is 317 g/mol. The molecule has 3 aromatic rings. The van der Waals surface area contributed by atoms with E-state index in [0.29, 0.717) is 6.54 Å². The first-order valence-corrected chi connectivity index (χ1v) is 8.12. The summed E-state index contributed by atoms with van der Waals surface area (Å²) in [5.74, 6) is -0.0257. The van der Waals surface area contributed by atoms with Gasteiger partial charge in [-0.05, 0) is 36.6 Å². The van der Waals surface area contributed by atoms with Gasteiger partial charge in [0.2, 0.25) is 5.91 Å². The van der Waals surface area contributed by atoms with Gasteiger partial charge in [-0.25, -0.2) is 4.98 Å². The van der Waals surface area contributed by atoms with Gasteiger partial charge < -0.3 is 9.72 Å². The molecule has 0 fully saturated rings. The Hall–Kier alpha value is -2.88. The third kappa shape index (κ3) is 2.40. The van der Waals surface area contributed by atoms with Crippen molar-refractivity contribution in [3.8, 4) is 0 Å². The van der Waals surface area contributed by atoms with Crippen LogP contribution in [0.5, 0.6) is 0 Å². The molecule has 2 aromatic heterocycles. The number of aryl methyl sites for hydroxylation is 1. The Labute approximate surface area is 140 Å². The molecule has 0 spiro atoms. The monoisotopic (exact) mass is 317 g/mol. The lowest BCUT2D eigenvalue weighted by atomic mass is 10.1. The molecule has 0 saturated carbocycles. The predicted molar refractivity (Wildman–Crippen MR) is 94.3 cm³/mol. The molecule has 24 heavy (non-hydrogen) atoms. The molecule has 1 atom stereocenters. The summed E-state index contributed by atoms with van der Waals surface area (Å²) in [6, 6.07) is 14.1. The van der Waals surface area contributed by atoms with Crippen LogP contribution in [0.15, 0.2) is 60.4 Å². The molecule has 1 aliphatic rings. The fourth-order valence-electron chi connectivity index (χ4n) is 3.28. The highest BCUT2D eigenvalue weighted by Crippen LogP contribution is 2.46. The van der Waals surface area contributed by atoms with Crippen LogP contribution in [0.1, 0.15) is 23.7 Å². The minimum Gasteiger partial charge on any atom is -0.350 e. The topological polar surface area (TPSA) is 46.4 Å². The summed E-state index contributed by atoms with van der Waals surface area (Å²) in [6.45, 7) is 4.55. The molecule has 0 aliphatic heterocycles. The molecule has 2 heterocycles. The lowest BCUT2D eigenvalue weighted by molar-refractivity contribution is -0.121. The van der Waals surface area contributed by atoms with Gasteiger partial charge in [-0.2, -0.15) is 0 Å². The second kappa shape index (κ2) is 5.64. The summed E-state index contributed by atoms with van der Waals surface area (Å²) >= 11 is 0. The molecule has 120 valence electrons. The van der Waals surface area contributed by atoms with Gasteiger partial charge >= 0.3 is 0 Å². The van der Waals surface area contributed by atoms with E-state index in [1.165, 1.54) is 0 Å². The van der Waals surface area contributed by atoms with E-state index in [1.54, 1.807) is 0 Å². The molecule has 0 radical (unpaired) electrons. The lowest BCUT2D eigenvalue weighted by Crippen LogP contribution is -2.26. The van der Waals surface area contributed by atoms with Crippen LogP contribution in [-0.4, -0.2) is 15.3 Å². The van der Waals surface area contributed by atoms with E-state index in [-0.39, 0.29) is 11.8 Å². The Balaban J connectivity index is 1.45. The quantitative estimate of drug-likeness (QED) is 0.802. The third-order valence-corrected chi connectivity index (χ3v) is 4.66. The molecule has 4 rings (SSSR count). The largest absolute Gasteiger partial charge is 0.350 e. The van der Waals surface area contributed by atoms with Crippen molar-refractivity contribution in [3.63, 3.8) is 0 Å².